The Hall–Kier alpha value is -4.28. The van der Waals surface area contributed by atoms with E-state index in [-0.39, 0.29) is 36.9 Å². The normalized spacial score (nSPS) is 20.9. The molecule has 0 aliphatic carbocycles. The number of para-hydroxylation sites is 1. The van der Waals surface area contributed by atoms with E-state index in [2.05, 4.69) is 20.6 Å². The Morgan fingerprint density at radius 1 is 1.15 bits per heavy atom. The Bertz CT molecular complexity index is 1400. The average molecular weight is 536 g/mol. The SMILES string of the molecule is COc1c(F)cccc1Nc1c2[nH]c3c1C(=O)NCC3CC1CCN(CC1)C(=O)OCCOc1cnccc1-2. The Kier molecular flexibility index (Phi) is 6.72. The van der Waals surface area contributed by atoms with E-state index >= 15 is 0 Å². The van der Waals surface area contributed by atoms with Crippen LogP contribution < -0.4 is 20.1 Å². The van der Waals surface area contributed by atoms with Gasteiger partial charge in [0, 0.05) is 43.0 Å². The van der Waals surface area contributed by atoms with Crippen LogP contribution in [0.3, 0.4) is 0 Å². The molecule has 0 spiro atoms. The third-order valence-electron chi connectivity index (χ3n) is 7.71. The van der Waals surface area contributed by atoms with E-state index < -0.39 is 5.82 Å². The summed E-state index contributed by atoms with van der Waals surface area (Å²) >= 11 is 0. The Labute approximate surface area is 224 Å². The zero-order chi connectivity index (χ0) is 26.9. The highest BCUT2D eigenvalue weighted by molar-refractivity contribution is 6.07. The van der Waals surface area contributed by atoms with Gasteiger partial charge in [0.15, 0.2) is 11.6 Å². The summed E-state index contributed by atoms with van der Waals surface area (Å²) < 4.78 is 31.4. The summed E-state index contributed by atoms with van der Waals surface area (Å²) in [5.74, 6) is 0.182. The van der Waals surface area contributed by atoms with Gasteiger partial charge in [-0.15, -0.1) is 0 Å². The van der Waals surface area contributed by atoms with Gasteiger partial charge in [0.1, 0.15) is 19.0 Å². The highest BCUT2D eigenvalue weighted by atomic mass is 19.1. The molecule has 39 heavy (non-hydrogen) atoms. The maximum absolute atomic E-state index is 14.6. The van der Waals surface area contributed by atoms with E-state index in [1.54, 1.807) is 35.5 Å². The van der Waals surface area contributed by atoms with Crippen LogP contribution in [0.4, 0.5) is 20.6 Å². The number of piperidine rings is 1. The van der Waals surface area contributed by atoms with Crippen molar-refractivity contribution in [2.45, 2.75) is 25.2 Å². The molecule has 1 fully saturated rings. The third-order valence-corrected chi connectivity index (χ3v) is 7.71. The van der Waals surface area contributed by atoms with E-state index in [1.807, 2.05) is 0 Å². The molecule has 1 atom stereocenters. The number of fused-ring (bicyclic) bond motifs is 6. The number of pyridine rings is 1. The molecule has 4 aliphatic heterocycles. The van der Waals surface area contributed by atoms with Gasteiger partial charge in [-0.2, -0.15) is 0 Å². The topological polar surface area (TPSA) is 118 Å². The minimum Gasteiger partial charge on any atom is -0.492 e. The largest absolute Gasteiger partial charge is 0.492 e. The number of benzene rings is 1. The molecule has 3 N–H and O–H groups in total. The molecule has 0 radical (unpaired) electrons. The van der Waals surface area contributed by atoms with Crippen molar-refractivity contribution in [1.82, 2.24) is 20.2 Å². The fourth-order valence-electron chi connectivity index (χ4n) is 5.77. The minimum absolute atomic E-state index is 0.0315. The van der Waals surface area contributed by atoms with E-state index in [0.29, 0.717) is 59.5 Å². The Balaban J connectivity index is 1.49. The van der Waals surface area contributed by atoms with Crippen LogP contribution >= 0.6 is 0 Å². The summed E-state index contributed by atoms with van der Waals surface area (Å²) in [6.07, 6.45) is 5.45. The van der Waals surface area contributed by atoms with Crippen molar-refractivity contribution < 1.29 is 28.2 Å². The van der Waals surface area contributed by atoms with Crippen molar-refractivity contribution in [3.8, 4) is 22.8 Å². The number of methoxy groups -OCH3 is 1. The fourth-order valence-corrected chi connectivity index (χ4v) is 5.77. The number of aromatic amines is 1. The van der Waals surface area contributed by atoms with Crippen molar-refractivity contribution in [3.05, 3.63) is 53.7 Å². The first-order chi connectivity index (χ1) is 19.0. The number of nitrogens with one attached hydrogen (secondary N) is 3. The van der Waals surface area contributed by atoms with Crippen LogP contribution in [0.5, 0.6) is 11.5 Å². The molecule has 0 saturated carbocycles. The smallest absolute Gasteiger partial charge is 0.409 e. The summed E-state index contributed by atoms with van der Waals surface area (Å²) in [4.78, 5) is 35.4. The summed E-state index contributed by atoms with van der Waals surface area (Å²) in [5, 5.41) is 6.35. The summed E-state index contributed by atoms with van der Waals surface area (Å²) in [6.45, 7) is 1.97. The predicted molar refractivity (Wildman–Crippen MR) is 141 cm³/mol. The zero-order valence-corrected chi connectivity index (χ0v) is 21.6. The minimum atomic E-state index is -0.518. The number of carbonyl (C=O) groups excluding carboxylic acids is 2. The lowest BCUT2D eigenvalue weighted by molar-refractivity contribution is 0.0744. The van der Waals surface area contributed by atoms with Crippen molar-refractivity contribution in [2.24, 2.45) is 5.92 Å². The van der Waals surface area contributed by atoms with Crippen molar-refractivity contribution in [1.29, 1.82) is 0 Å². The van der Waals surface area contributed by atoms with E-state index in [4.69, 9.17) is 14.2 Å². The van der Waals surface area contributed by atoms with Crippen LogP contribution in [-0.4, -0.2) is 66.8 Å². The molecule has 204 valence electrons. The molecule has 11 heteroatoms. The molecule has 7 rings (SSSR count). The number of carbonyl (C=O) groups is 2. The number of halogens is 1. The quantitative estimate of drug-likeness (QED) is 0.454. The molecule has 2 aromatic heterocycles. The summed E-state index contributed by atoms with van der Waals surface area (Å²) in [6, 6.07) is 6.39. The second kappa shape index (κ2) is 10.5. The van der Waals surface area contributed by atoms with Crippen molar-refractivity contribution in [2.75, 3.05) is 45.3 Å². The molecule has 6 heterocycles. The first-order valence-electron chi connectivity index (χ1n) is 13.2. The van der Waals surface area contributed by atoms with E-state index in [1.165, 1.54) is 13.2 Å². The van der Waals surface area contributed by atoms with Crippen LogP contribution in [0, 0.1) is 11.7 Å². The van der Waals surface area contributed by atoms with Crippen molar-refractivity contribution in [3.63, 3.8) is 0 Å². The number of ether oxygens (including phenoxy) is 3. The standard InChI is InChI=1S/C28H30FN5O5/c1-37-26-19(29)3-2-4-20(26)32-25-22-23-17(14-31-27(22)35)13-16-6-9-34(10-7-16)28(36)39-12-11-38-21-15-30-8-5-18(21)24(25)33-23/h2-5,8,15-17,32-33H,6-7,9-14H2,1H3,(H,31,35). The molecule has 2 amide bonds. The van der Waals surface area contributed by atoms with Gasteiger partial charge in [-0.3, -0.25) is 9.78 Å². The number of hydrogen-bond acceptors (Lipinski definition) is 7. The maximum atomic E-state index is 14.6. The second-order valence-electron chi connectivity index (χ2n) is 10.0. The summed E-state index contributed by atoms with van der Waals surface area (Å²) in [7, 11) is 1.40. The van der Waals surface area contributed by atoms with Gasteiger partial charge in [0.25, 0.3) is 5.91 Å². The zero-order valence-electron chi connectivity index (χ0n) is 21.6. The van der Waals surface area contributed by atoms with E-state index in [0.717, 1.165) is 25.0 Å². The van der Waals surface area contributed by atoms with Crippen molar-refractivity contribution >= 4 is 23.4 Å². The molecule has 1 saturated heterocycles. The van der Waals surface area contributed by atoms with Crippen LogP contribution in [0.2, 0.25) is 0 Å². The first-order valence-corrected chi connectivity index (χ1v) is 13.2. The molecule has 3 aromatic rings. The van der Waals surface area contributed by atoms with Crippen LogP contribution in [0.1, 0.15) is 41.2 Å². The van der Waals surface area contributed by atoms with Gasteiger partial charge in [0.05, 0.1) is 35.9 Å². The molecule has 10 nitrogen and oxygen atoms in total. The molecular weight excluding hydrogens is 505 g/mol. The summed E-state index contributed by atoms with van der Waals surface area (Å²) in [5.41, 5.74) is 3.46. The molecular formula is C28H30FN5O5. The van der Waals surface area contributed by atoms with Crippen LogP contribution in [-0.2, 0) is 4.74 Å². The lowest BCUT2D eigenvalue weighted by atomic mass is 9.83. The third kappa shape index (κ3) is 4.73. The molecule has 1 unspecified atom stereocenters. The molecule has 4 bridgehead atoms. The highest BCUT2D eigenvalue weighted by Gasteiger charge is 2.36. The van der Waals surface area contributed by atoms with Gasteiger partial charge in [0.2, 0.25) is 0 Å². The number of amides is 2. The van der Waals surface area contributed by atoms with Gasteiger partial charge in [-0.05, 0) is 43.4 Å². The van der Waals surface area contributed by atoms with Gasteiger partial charge in [-0.1, -0.05) is 6.07 Å². The number of anilines is 2. The fraction of sp³-hybridized carbons (Fsp3) is 0.393. The van der Waals surface area contributed by atoms with E-state index in [9.17, 15) is 14.0 Å². The first kappa shape index (κ1) is 25.0. The van der Waals surface area contributed by atoms with Gasteiger partial charge >= 0.3 is 6.09 Å². The lowest BCUT2D eigenvalue weighted by Gasteiger charge is -2.34. The number of hydrogen-bond donors (Lipinski definition) is 3. The second-order valence-corrected chi connectivity index (χ2v) is 10.0. The number of nitrogens with zero attached hydrogens (tertiary/aromatic N) is 2. The highest BCUT2D eigenvalue weighted by Crippen LogP contribution is 2.45. The van der Waals surface area contributed by atoms with Crippen LogP contribution in [0.15, 0.2) is 36.7 Å². The molecule has 1 aromatic carbocycles. The lowest BCUT2D eigenvalue weighted by Crippen LogP contribution is -2.41. The maximum Gasteiger partial charge on any atom is 0.409 e. The molecule has 4 aliphatic rings. The van der Waals surface area contributed by atoms with Gasteiger partial charge < -0.3 is 34.7 Å². The Morgan fingerprint density at radius 3 is 2.79 bits per heavy atom. The average Bonchev–Trinajstić information content (AvgIpc) is 3.33. The number of aromatic nitrogens is 2. The Morgan fingerprint density at radius 2 is 1.97 bits per heavy atom. The monoisotopic (exact) mass is 535 g/mol. The number of rotatable bonds is 3. The number of H-pyrrole nitrogens is 1. The van der Waals surface area contributed by atoms with Crippen LogP contribution in [0.25, 0.3) is 11.3 Å². The van der Waals surface area contributed by atoms with Gasteiger partial charge in [-0.25, -0.2) is 9.18 Å². The predicted octanol–water partition coefficient (Wildman–Crippen LogP) is 4.43.